The first-order valence-corrected chi connectivity index (χ1v) is 9.79. The molecule has 7 nitrogen and oxygen atoms in total. The van der Waals surface area contributed by atoms with Crippen LogP contribution in [0.1, 0.15) is 10.4 Å². The molecule has 2 aromatic carbocycles. The molecule has 0 unspecified atom stereocenters. The zero-order valence-corrected chi connectivity index (χ0v) is 15.9. The third-order valence-corrected chi connectivity index (χ3v) is 5.45. The normalized spacial score (nSPS) is 12.7. The Morgan fingerprint density at radius 3 is 2.55 bits per heavy atom. The van der Waals surface area contributed by atoms with Crippen molar-refractivity contribution in [2.75, 3.05) is 18.5 Å². The molecule has 0 fully saturated rings. The van der Waals surface area contributed by atoms with Crippen LogP contribution in [-0.2, 0) is 0 Å². The van der Waals surface area contributed by atoms with E-state index in [1.165, 1.54) is 17.4 Å². The SMILES string of the molecule is O=C(Nc1nc2cc3c(cc2s1)OCCO3)c1ccc(-c2ccccc2)[nH]c1=O. The smallest absolute Gasteiger partial charge is 0.263 e. The van der Waals surface area contributed by atoms with Crippen LogP contribution in [-0.4, -0.2) is 29.1 Å². The van der Waals surface area contributed by atoms with Crippen molar-refractivity contribution in [1.82, 2.24) is 9.97 Å². The molecule has 29 heavy (non-hydrogen) atoms. The molecule has 5 rings (SSSR count). The second-order valence-electron chi connectivity index (χ2n) is 6.42. The van der Waals surface area contributed by atoms with E-state index < -0.39 is 11.5 Å². The number of benzene rings is 2. The molecule has 0 atom stereocenters. The zero-order valence-electron chi connectivity index (χ0n) is 15.1. The first-order valence-electron chi connectivity index (χ1n) is 8.98. The fourth-order valence-corrected chi connectivity index (χ4v) is 3.99. The summed E-state index contributed by atoms with van der Waals surface area (Å²) in [6, 6.07) is 16.3. The minimum absolute atomic E-state index is 0.0231. The van der Waals surface area contributed by atoms with Crippen LogP contribution >= 0.6 is 11.3 Å². The van der Waals surface area contributed by atoms with Crippen molar-refractivity contribution >= 4 is 32.6 Å². The highest BCUT2D eigenvalue weighted by molar-refractivity contribution is 7.22. The fraction of sp³-hybridized carbons (Fsp3) is 0.0952. The minimum atomic E-state index is -0.512. The van der Waals surface area contributed by atoms with Crippen molar-refractivity contribution in [3.8, 4) is 22.8 Å². The molecule has 144 valence electrons. The lowest BCUT2D eigenvalue weighted by Crippen LogP contribution is -2.23. The zero-order chi connectivity index (χ0) is 19.8. The number of aromatic amines is 1. The largest absolute Gasteiger partial charge is 0.486 e. The van der Waals surface area contributed by atoms with Gasteiger partial charge < -0.3 is 14.5 Å². The van der Waals surface area contributed by atoms with Gasteiger partial charge >= 0.3 is 0 Å². The number of aromatic nitrogens is 2. The summed E-state index contributed by atoms with van der Waals surface area (Å²) in [6.07, 6.45) is 0. The number of pyridine rings is 1. The Morgan fingerprint density at radius 2 is 1.79 bits per heavy atom. The van der Waals surface area contributed by atoms with E-state index in [2.05, 4.69) is 15.3 Å². The number of hydrogen-bond acceptors (Lipinski definition) is 6. The predicted molar refractivity (Wildman–Crippen MR) is 111 cm³/mol. The molecule has 2 N–H and O–H groups in total. The molecule has 1 aliphatic heterocycles. The Hall–Kier alpha value is -3.65. The number of amides is 1. The Balaban J connectivity index is 1.41. The summed E-state index contributed by atoms with van der Waals surface area (Å²) in [6.45, 7) is 0.997. The molecule has 8 heteroatoms. The van der Waals surface area contributed by atoms with Gasteiger partial charge in [-0.05, 0) is 17.7 Å². The summed E-state index contributed by atoms with van der Waals surface area (Å²) in [5.41, 5.74) is 1.79. The summed E-state index contributed by atoms with van der Waals surface area (Å²) < 4.78 is 12.0. The molecule has 1 amide bonds. The minimum Gasteiger partial charge on any atom is -0.486 e. The highest BCUT2D eigenvalue weighted by Gasteiger charge is 2.17. The van der Waals surface area contributed by atoms with Crippen molar-refractivity contribution in [2.24, 2.45) is 0 Å². The molecular formula is C21H15N3O4S. The van der Waals surface area contributed by atoms with Gasteiger partial charge in [-0.1, -0.05) is 41.7 Å². The molecule has 0 spiro atoms. The number of nitrogens with zero attached hydrogens (tertiary/aromatic N) is 1. The maximum absolute atomic E-state index is 12.6. The number of fused-ring (bicyclic) bond motifs is 2. The summed E-state index contributed by atoms with van der Waals surface area (Å²) in [5.74, 6) is 0.792. The van der Waals surface area contributed by atoms with Crippen molar-refractivity contribution in [3.63, 3.8) is 0 Å². The van der Waals surface area contributed by atoms with Crippen molar-refractivity contribution in [3.05, 3.63) is 70.5 Å². The van der Waals surface area contributed by atoms with E-state index in [1.54, 1.807) is 12.1 Å². The van der Waals surface area contributed by atoms with Crippen LogP contribution in [0.2, 0.25) is 0 Å². The Morgan fingerprint density at radius 1 is 1.03 bits per heavy atom. The number of ether oxygens (including phenoxy) is 2. The summed E-state index contributed by atoms with van der Waals surface area (Å²) >= 11 is 1.31. The number of hydrogen-bond donors (Lipinski definition) is 2. The van der Waals surface area contributed by atoms with Gasteiger partial charge in [-0.2, -0.15) is 0 Å². The first-order chi connectivity index (χ1) is 14.2. The molecule has 0 aliphatic carbocycles. The van der Waals surface area contributed by atoms with E-state index in [9.17, 15) is 9.59 Å². The quantitative estimate of drug-likeness (QED) is 0.542. The molecule has 2 aromatic heterocycles. The number of carbonyl (C=O) groups is 1. The van der Waals surface area contributed by atoms with Crippen LogP contribution in [0.5, 0.6) is 11.5 Å². The number of nitrogens with one attached hydrogen (secondary N) is 2. The molecule has 0 bridgehead atoms. The van der Waals surface area contributed by atoms with Crippen LogP contribution < -0.4 is 20.3 Å². The number of thiazole rings is 1. The van der Waals surface area contributed by atoms with Gasteiger partial charge in [0.2, 0.25) is 0 Å². The van der Waals surface area contributed by atoms with Crippen LogP contribution in [0.4, 0.5) is 5.13 Å². The third kappa shape index (κ3) is 3.34. The number of carbonyl (C=O) groups excluding carboxylic acids is 1. The molecule has 0 saturated heterocycles. The monoisotopic (exact) mass is 405 g/mol. The maximum atomic E-state index is 12.6. The van der Waals surface area contributed by atoms with Gasteiger partial charge in [0.1, 0.15) is 18.8 Å². The number of anilines is 1. The van der Waals surface area contributed by atoms with Crippen molar-refractivity contribution < 1.29 is 14.3 Å². The predicted octanol–water partition coefficient (Wildman–Crippen LogP) is 3.68. The van der Waals surface area contributed by atoms with Crippen molar-refractivity contribution in [2.45, 2.75) is 0 Å². The molecule has 0 radical (unpaired) electrons. The summed E-state index contributed by atoms with van der Waals surface area (Å²) in [7, 11) is 0. The lowest BCUT2D eigenvalue weighted by atomic mass is 10.1. The van der Waals surface area contributed by atoms with E-state index in [0.717, 1.165) is 10.3 Å². The Bertz CT molecular complexity index is 1240. The van der Waals surface area contributed by atoms with Crippen LogP contribution in [0.15, 0.2) is 59.4 Å². The molecule has 0 saturated carbocycles. The van der Waals surface area contributed by atoms with E-state index in [0.29, 0.717) is 41.1 Å². The van der Waals surface area contributed by atoms with Gasteiger partial charge in [0, 0.05) is 17.8 Å². The molecular weight excluding hydrogens is 390 g/mol. The van der Waals surface area contributed by atoms with E-state index in [-0.39, 0.29) is 5.56 Å². The summed E-state index contributed by atoms with van der Waals surface area (Å²) in [5, 5.41) is 3.11. The highest BCUT2D eigenvalue weighted by atomic mass is 32.1. The van der Waals surface area contributed by atoms with Gasteiger partial charge in [-0.15, -0.1) is 0 Å². The Labute approximate surface area is 168 Å². The summed E-state index contributed by atoms with van der Waals surface area (Å²) in [4.78, 5) is 32.2. The van der Waals surface area contributed by atoms with Gasteiger partial charge in [-0.25, -0.2) is 4.98 Å². The van der Waals surface area contributed by atoms with E-state index in [4.69, 9.17) is 9.47 Å². The first kappa shape index (κ1) is 17.4. The second kappa shape index (κ2) is 7.06. The van der Waals surface area contributed by atoms with E-state index in [1.807, 2.05) is 36.4 Å². The van der Waals surface area contributed by atoms with Crippen LogP contribution in [0.25, 0.3) is 21.5 Å². The third-order valence-electron chi connectivity index (χ3n) is 4.51. The fourth-order valence-electron chi connectivity index (χ4n) is 3.12. The Kier molecular flexibility index (Phi) is 4.25. The second-order valence-corrected chi connectivity index (χ2v) is 7.45. The topological polar surface area (TPSA) is 93.3 Å². The van der Waals surface area contributed by atoms with E-state index >= 15 is 0 Å². The number of H-pyrrole nitrogens is 1. The lowest BCUT2D eigenvalue weighted by Gasteiger charge is -2.17. The van der Waals surface area contributed by atoms with Crippen LogP contribution in [0.3, 0.4) is 0 Å². The highest BCUT2D eigenvalue weighted by Crippen LogP contribution is 2.37. The van der Waals surface area contributed by atoms with Gasteiger partial charge in [0.05, 0.1) is 10.2 Å². The van der Waals surface area contributed by atoms with Gasteiger partial charge in [0.25, 0.3) is 11.5 Å². The average Bonchev–Trinajstić information content (AvgIpc) is 3.13. The number of rotatable bonds is 3. The molecule has 4 aromatic rings. The molecule has 3 heterocycles. The lowest BCUT2D eigenvalue weighted by molar-refractivity contribution is 0.102. The molecule has 1 aliphatic rings. The van der Waals surface area contributed by atoms with Gasteiger partial charge in [0.15, 0.2) is 16.6 Å². The van der Waals surface area contributed by atoms with Crippen LogP contribution in [0, 0.1) is 0 Å². The van der Waals surface area contributed by atoms with Crippen molar-refractivity contribution in [1.29, 1.82) is 0 Å². The van der Waals surface area contributed by atoms with Gasteiger partial charge in [-0.3, -0.25) is 14.9 Å². The average molecular weight is 405 g/mol. The standard InChI is InChI=1S/C21H15N3O4S/c25-19-13(6-7-14(22-19)12-4-2-1-3-5-12)20(26)24-21-23-15-10-16-17(11-18(15)29-21)28-9-8-27-16/h1-7,10-11H,8-9H2,(H,22,25)(H,23,24,26). The maximum Gasteiger partial charge on any atom is 0.263 e.